The van der Waals surface area contributed by atoms with Crippen molar-refractivity contribution in [1.29, 1.82) is 0 Å². The van der Waals surface area contributed by atoms with Crippen molar-refractivity contribution in [2.75, 3.05) is 18.1 Å². The molecule has 0 spiro atoms. The van der Waals surface area contributed by atoms with Crippen LogP contribution >= 0.6 is 0 Å². The van der Waals surface area contributed by atoms with Gasteiger partial charge in [-0.3, -0.25) is 0 Å². The smallest absolute Gasteiger partial charge is 0.240 e. The summed E-state index contributed by atoms with van der Waals surface area (Å²) >= 11 is 0. The summed E-state index contributed by atoms with van der Waals surface area (Å²) in [4.78, 5) is 7.47. The summed E-state index contributed by atoms with van der Waals surface area (Å²) in [5.41, 5.74) is 2.63. The van der Waals surface area contributed by atoms with Gasteiger partial charge in [-0.25, -0.2) is 26.5 Å². The van der Waals surface area contributed by atoms with Gasteiger partial charge in [0.05, 0.1) is 16.4 Å². The molecule has 3 aromatic rings. The van der Waals surface area contributed by atoms with Crippen LogP contribution < -0.4 is 4.72 Å². The molecule has 1 unspecified atom stereocenters. The zero-order chi connectivity index (χ0) is 19.1. The first-order valence-corrected chi connectivity index (χ1v) is 11.9. The number of hydrogen-bond donors (Lipinski definition) is 2. The van der Waals surface area contributed by atoms with E-state index in [0.29, 0.717) is 6.42 Å². The van der Waals surface area contributed by atoms with E-state index in [2.05, 4.69) is 14.7 Å². The molecule has 7 nitrogen and oxygen atoms in total. The second-order valence-electron chi connectivity index (χ2n) is 6.74. The summed E-state index contributed by atoms with van der Waals surface area (Å²) < 4.78 is 50.5. The molecule has 0 bridgehead atoms. The fourth-order valence-corrected chi connectivity index (χ4v) is 6.35. The van der Waals surface area contributed by atoms with E-state index in [-0.39, 0.29) is 28.9 Å². The molecule has 3 heterocycles. The van der Waals surface area contributed by atoms with E-state index < -0.39 is 19.9 Å². The molecule has 1 aliphatic heterocycles. The first-order valence-electron chi connectivity index (χ1n) is 8.57. The molecular weight excluding hydrogens is 386 g/mol. The van der Waals surface area contributed by atoms with Crippen LogP contribution in [-0.2, 0) is 19.9 Å². The van der Waals surface area contributed by atoms with E-state index in [1.165, 1.54) is 0 Å². The Morgan fingerprint density at radius 3 is 2.63 bits per heavy atom. The third kappa shape index (κ3) is 3.76. The number of sulfone groups is 1. The predicted molar refractivity (Wildman–Crippen MR) is 103 cm³/mol. The number of aromatic nitrogens is 2. The van der Waals surface area contributed by atoms with Gasteiger partial charge in [0.1, 0.15) is 5.65 Å². The molecule has 4 rings (SSSR count). The zero-order valence-corrected chi connectivity index (χ0v) is 16.1. The van der Waals surface area contributed by atoms with Crippen molar-refractivity contribution in [3.8, 4) is 11.1 Å². The molecule has 1 aromatic carbocycles. The highest BCUT2D eigenvalue weighted by molar-refractivity contribution is 7.91. The van der Waals surface area contributed by atoms with Crippen LogP contribution in [0.4, 0.5) is 0 Å². The molecule has 0 saturated carbocycles. The summed E-state index contributed by atoms with van der Waals surface area (Å²) in [6.45, 7) is 0.137. The number of sulfonamides is 1. The van der Waals surface area contributed by atoms with Gasteiger partial charge in [-0.2, -0.15) is 0 Å². The van der Waals surface area contributed by atoms with Gasteiger partial charge in [0.15, 0.2) is 9.84 Å². The molecule has 1 atom stereocenters. The van der Waals surface area contributed by atoms with Gasteiger partial charge in [-0.1, -0.05) is 12.1 Å². The number of fused-ring (bicyclic) bond motifs is 1. The summed E-state index contributed by atoms with van der Waals surface area (Å²) in [7, 11) is -6.70. The minimum atomic E-state index is -3.68. The third-order valence-electron chi connectivity index (χ3n) is 4.82. The van der Waals surface area contributed by atoms with Gasteiger partial charge >= 0.3 is 0 Å². The number of H-pyrrole nitrogens is 1. The number of nitrogens with one attached hydrogen (secondary N) is 2. The van der Waals surface area contributed by atoms with Gasteiger partial charge in [-0.15, -0.1) is 0 Å². The number of rotatable bonds is 5. The Balaban J connectivity index is 1.52. The summed E-state index contributed by atoms with van der Waals surface area (Å²) in [5.74, 6) is 0.0133. The van der Waals surface area contributed by atoms with Crippen molar-refractivity contribution in [1.82, 2.24) is 14.7 Å². The predicted octanol–water partition coefficient (Wildman–Crippen LogP) is 1.94. The summed E-state index contributed by atoms with van der Waals surface area (Å²) in [6, 6.07) is 10.5. The lowest BCUT2D eigenvalue weighted by Gasteiger charge is -2.11. The summed E-state index contributed by atoms with van der Waals surface area (Å²) in [6.07, 6.45) is 4.02. The minimum Gasteiger partial charge on any atom is -0.346 e. The first kappa shape index (κ1) is 18.1. The van der Waals surface area contributed by atoms with Crippen LogP contribution in [0.25, 0.3) is 22.2 Å². The van der Waals surface area contributed by atoms with E-state index in [0.717, 1.165) is 22.2 Å². The van der Waals surface area contributed by atoms with Crippen molar-refractivity contribution in [2.45, 2.75) is 11.3 Å². The van der Waals surface area contributed by atoms with E-state index >= 15 is 0 Å². The second kappa shape index (κ2) is 6.74. The molecule has 0 amide bonds. The lowest BCUT2D eigenvalue weighted by Crippen LogP contribution is -2.29. The van der Waals surface area contributed by atoms with Crippen LogP contribution in [0.2, 0.25) is 0 Å². The monoisotopic (exact) mass is 405 g/mol. The normalized spacial score (nSPS) is 19.5. The number of aromatic amines is 1. The summed E-state index contributed by atoms with van der Waals surface area (Å²) in [5, 5.41) is 0.966. The van der Waals surface area contributed by atoms with Crippen LogP contribution in [0.1, 0.15) is 6.42 Å². The maximum absolute atomic E-state index is 12.5. The minimum absolute atomic E-state index is 0.0448. The Hall–Kier alpha value is -2.23. The average Bonchev–Trinajstić information content (AvgIpc) is 3.26. The Morgan fingerprint density at radius 1 is 1.15 bits per heavy atom. The maximum atomic E-state index is 12.5. The molecule has 0 aliphatic carbocycles. The van der Waals surface area contributed by atoms with Gasteiger partial charge in [-0.05, 0) is 47.7 Å². The van der Waals surface area contributed by atoms with Gasteiger partial charge < -0.3 is 4.98 Å². The number of pyridine rings is 1. The topological polar surface area (TPSA) is 109 Å². The highest BCUT2D eigenvalue weighted by Crippen LogP contribution is 2.28. The fourth-order valence-electron chi connectivity index (χ4n) is 3.37. The molecule has 1 fully saturated rings. The number of benzene rings is 1. The molecule has 142 valence electrons. The highest BCUT2D eigenvalue weighted by atomic mass is 32.2. The maximum Gasteiger partial charge on any atom is 0.240 e. The van der Waals surface area contributed by atoms with Crippen LogP contribution in [0.3, 0.4) is 0 Å². The molecule has 2 aromatic heterocycles. The quantitative estimate of drug-likeness (QED) is 0.674. The lowest BCUT2D eigenvalue weighted by atomic mass is 10.0. The largest absolute Gasteiger partial charge is 0.346 e. The molecule has 2 N–H and O–H groups in total. The van der Waals surface area contributed by atoms with E-state index in [1.54, 1.807) is 30.5 Å². The van der Waals surface area contributed by atoms with Crippen molar-refractivity contribution in [2.24, 2.45) is 5.92 Å². The van der Waals surface area contributed by atoms with Gasteiger partial charge in [0.25, 0.3) is 0 Å². The van der Waals surface area contributed by atoms with Crippen LogP contribution in [0, 0.1) is 5.92 Å². The van der Waals surface area contributed by atoms with Gasteiger partial charge in [0.2, 0.25) is 10.0 Å². The lowest BCUT2D eigenvalue weighted by molar-refractivity contribution is 0.543. The van der Waals surface area contributed by atoms with E-state index in [9.17, 15) is 16.8 Å². The second-order valence-corrected chi connectivity index (χ2v) is 10.7. The molecule has 27 heavy (non-hydrogen) atoms. The van der Waals surface area contributed by atoms with Crippen molar-refractivity contribution >= 4 is 30.9 Å². The number of nitrogens with zero attached hydrogens (tertiary/aromatic N) is 1. The van der Waals surface area contributed by atoms with Crippen LogP contribution in [-0.4, -0.2) is 44.9 Å². The van der Waals surface area contributed by atoms with E-state index in [4.69, 9.17) is 0 Å². The SMILES string of the molecule is O=S1(=O)CCC(CNS(=O)(=O)c2ccc(-c3ccnc4[nH]ccc34)cc2)C1. The molecule has 1 aliphatic rings. The Kier molecular flexibility index (Phi) is 4.53. The fraction of sp³-hybridized carbons (Fsp3) is 0.278. The highest BCUT2D eigenvalue weighted by Gasteiger charge is 2.29. The van der Waals surface area contributed by atoms with Crippen LogP contribution in [0.5, 0.6) is 0 Å². The van der Waals surface area contributed by atoms with Gasteiger partial charge in [0, 0.05) is 24.3 Å². The van der Waals surface area contributed by atoms with Crippen molar-refractivity contribution < 1.29 is 16.8 Å². The van der Waals surface area contributed by atoms with Crippen molar-refractivity contribution in [3.05, 3.63) is 48.8 Å². The molecule has 9 heteroatoms. The Bertz CT molecular complexity index is 1180. The molecule has 0 radical (unpaired) electrons. The zero-order valence-electron chi connectivity index (χ0n) is 14.4. The molecule has 1 saturated heterocycles. The van der Waals surface area contributed by atoms with Crippen molar-refractivity contribution in [3.63, 3.8) is 0 Å². The number of hydrogen-bond acceptors (Lipinski definition) is 5. The Morgan fingerprint density at radius 2 is 1.93 bits per heavy atom. The average molecular weight is 406 g/mol. The Labute approximate surface area is 157 Å². The standard InChI is InChI=1S/C18H19N3O4S2/c22-26(23)10-7-13(12-26)11-21-27(24,25)15-3-1-14(2-4-15)16-5-8-19-18-17(16)6-9-20-18/h1-6,8-9,13,21H,7,10-12H2,(H,19,20). The molecular formula is C18H19N3O4S2. The van der Waals surface area contributed by atoms with Crippen LogP contribution in [0.15, 0.2) is 53.7 Å². The van der Waals surface area contributed by atoms with E-state index in [1.807, 2.05) is 18.3 Å². The first-order chi connectivity index (χ1) is 12.8. The third-order valence-corrected chi connectivity index (χ3v) is 8.10.